The van der Waals surface area contributed by atoms with Gasteiger partial charge in [0.25, 0.3) is 0 Å². The van der Waals surface area contributed by atoms with E-state index < -0.39 is 17.8 Å². The van der Waals surface area contributed by atoms with Crippen molar-refractivity contribution in [3.63, 3.8) is 0 Å². The molecular weight excluding hydrogens is 487 g/mol. The number of unbranched alkanes of at least 4 members (excludes halogenated alkanes) is 1. The average Bonchev–Trinajstić information content (AvgIpc) is 2.92. The molecule has 4 rings (SSSR count). The van der Waals surface area contributed by atoms with Gasteiger partial charge in [-0.05, 0) is 75.8 Å². The summed E-state index contributed by atoms with van der Waals surface area (Å²) in [5, 5.41) is 16.9. The summed E-state index contributed by atoms with van der Waals surface area (Å²) >= 11 is 0. The predicted molar refractivity (Wildman–Crippen MR) is 146 cm³/mol. The standard InChI is InChI=1S/C28H37FN6O3/c1-19(38-2)17-35(14-4-3-7-22-10-8-20-6-5-13-30-26(20)33-22)15-12-24(28(36)37)34-27-23-11-9-21(29)16-25(23)31-18-32-27/h8-11,16,18-19,24H,3-7,12-15,17H2,1-2H3,(H,30,33)(H,36,37)(H,31,32,34)/t19-,24+/m1/s1. The molecule has 2 atom stereocenters. The van der Waals surface area contributed by atoms with Crippen LogP contribution in [-0.4, -0.2) is 76.4 Å². The second-order valence-corrected chi connectivity index (χ2v) is 9.85. The third-order valence-corrected chi connectivity index (χ3v) is 6.97. The van der Waals surface area contributed by atoms with Gasteiger partial charge >= 0.3 is 5.97 Å². The molecule has 1 aromatic carbocycles. The lowest BCUT2D eigenvalue weighted by molar-refractivity contribution is -0.138. The van der Waals surface area contributed by atoms with Crippen LogP contribution < -0.4 is 10.6 Å². The summed E-state index contributed by atoms with van der Waals surface area (Å²) in [5.74, 6) is 0.0361. The first-order valence-electron chi connectivity index (χ1n) is 13.3. The first-order valence-corrected chi connectivity index (χ1v) is 13.3. The Morgan fingerprint density at radius 2 is 2.11 bits per heavy atom. The second kappa shape index (κ2) is 13.4. The lowest BCUT2D eigenvalue weighted by Gasteiger charge is -2.27. The van der Waals surface area contributed by atoms with E-state index in [1.165, 1.54) is 24.0 Å². The fourth-order valence-electron chi connectivity index (χ4n) is 4.76. The number of methoxy groups -OCH3 is 1. The van der Waals surface area contributed by atoms with Gasteiger partial charge in [-0.15, -0.1) is 0 Å². The monoisotopic (exact) mass is 524 g/mol. The molecule has 9 nitrogen and oxygen atoms in total. The first kappa shape index (κ1) is 27.7. The van der Waals surface area contributed by atoms with Gasteiger partial charge < -0.3 is 25.4 Å². The Hall–Kier alpha value is -3.37. The van der Waals surface area contributed by atoms with Gasteiger partial charge in [0, 0.05) is 43.9 Å². The number of hydrogen-bond donors (Lipinski definition) is 3. The van der Waals surface area contributed by atoms with Crippen LogP contribution in [0.1, 0.15) is 43.9 Å². The maximum Gasteiger partial charge on any atom is 0.326 e. The molecule has 38 heavy (non-hydrogen) atoms. The van der Waals surface area contributed by atoms with Crippen molar-refractivity contribution >= 4 is 28.5 Å². The smallest absolute Gasteiger partial charge is 0.326 e. The van der Waals surface area contributed by atoms with Crippen molar-refractivity contribution in [2.24, 2.45) is 0 Å². The predicted octanol–water partition coefficient (Wildman–Crippen LogP) is 4.14. The summed E-state index contributed by atoms with van der Waals surface area (Å²) in [6.45, 7) is 5.11. The summed E-state index contributed by atoms with van der Waals surface area (Å²) in [4.78, 5) is 27.4. The SMILES string of the molecule is CO[C@H](C)CN(CCCCc1ccc2c(n1)NCCC2)CC[C@H](Nc1ncnc2cc(F)ccc12)C(=O)O. The van der Waals surface area contributed by atoms with Crippen LogP contribution in [0.25, 0.3) is 10.9 Å². The number of halogens is 1. The molecule has 0 spiro atoms. The Bertz CT molecular complexity index is 1230. The minimum atomic E-state index is -0.967. The normalized spacial score (nSPS) is 14.6. The molecule has 0 radical (unpaired) electrons. The first-order chi connectivity index (χ1) is 18.4. The topological polar surface area (TPSA) is 113 Å². The van der Waals surface area contributed by atoms with E-state index in [4.69, 9.17) is 9.72 Å². The number of pyridine rings is 1. The highest BCUT2D eigenvalue weighted by atomic mass is 19.1. The molecular formula is C28H37FN6O3. The summed E-state index contributed by atoms with van der Waals surface area (Å²) in [6, 6.07) is 7.65. The maximum atomic E-state index is 13.6. The molecule has 0 saturated heterocycles. The highest BCUT2D eigenvalue weighted by molar-refractivity contribution is 5.90. The van der Waals surface area contributed by atoms with Crippen LogP contribution in [0.3, 0.4) is 0 Å². The van der Waals surface area contributed by atoms with E-state index in [1.807, 2.05) is 6.92 Å². The Labute approximate surface area is 222 Å². The van der Waals surface area contributed by atoms with Crippen LogP contribution in [0, 0.1) is 5.82 Å². The molecule has 10 heteroatoms. The van der Waals surface area contributed by atoms with E-state index in [9.17, 15) is 14.3 Å². The number of hydrogen-bond acceptors (Lipinski definition) is 8. The summed E-state index contributed by atoms with van der Waals surface area (Å²) in [5.41, 5.74) is 2.82. The van der Waals surface area contributed by atoms with E-state index in [1.54, 1.807) is 13.2 Å². The van der Waals surface area contributed by atoms with E-state index >= 15 is 0 Å². The number of anilines is 2. The lowest BCUT2D eigenvalue weighted by atomic mass is 10.1. The van der Waals surface area contributed by atoms with Gasteiger partial charge in [0.15, 0.2) is 0 Å². The van der Waals surface area contributed by atoms with Crippen LogP contribution in [0.15, 0.2) is 36.7 Å². The molecule has 0 bridgehead atoms. The molecule has 0 saturated carbocycles. The largest absolute Gasteiger partial charge is 0.480 e. The quantitative estimate of drug-likeness (QED) is 0.268. The number of aliphatic carboxylic acids is 1. The van der Waals surface area contributed by atoms with Crippen LogP contribution in [-0.2, 0) is 22.4 Å². The van der Waals surface area contributed by atoms with Gasteiger partial charge in [-0.25, -0.2) is 24.1 Å². The Morgan fingerprint density at radius 1 is 1.24 bits per heavy atom. The number of rotatable bonds is 14. The fourth-order valence-corrected chi connectivity index (χ4v) is 4.76. The molecule has 3 aromatic rings. The highest BCUT2D eigenvalue weighted by Crippen LogP contribution is 2.22. The Morgan fingerprint density at radius 3 is 2.92 bits per heavy atom. The Balaban J connectivity index is 1.33. The molecule has 2 aromatic heterocycles. The zero-order valence-corrected chi connectivity index (χ0v) is 22.1. The summed E-state index contributed by atoms with van der Waals surface area (Å²) in [6.07, 6.45) is 6.81. The number of aryl methyl sites for hydroxylation is 2. The third-order valence-electron chi connectivity index (χ3n) is 6.97. The molecule has 0 amide bonds. The Kier molecular flexibility index (Phi) is 9.78. The minimum absolute atomic E-state index is 0.0281. The van der Waals surface area contributed by atoms with Crippen molar-refractivity contribution < 1.29 is 19.0 Å². The molecule has 0 fully saturated rings. The fraction of sp³-hybridized carbons (Fsp3) is 0.500. The van der Waals surface area contributed by atoms with E-state index in [2.05, 4.69) is 37.6 Å². The van der Waals surface area contributed by atoms with Crippen LogP contribution in [0.2, 0.25) is 0 Å². The van der Waals surface area contributed by atoms with Crippen molar-refractivity contribution in [1.29, 1.82) is 0 Å². The van der Waals surface area contributed by atoms with E-state index in [-0.39, 0.29) is 6.10 Å². The van der Waals surface area contributed by atoms with Gasteiger partial charge in [0.2, 0.25) is 0 Å². The van der Waals surface area contributed by atoms with Crippen LogP contribution in [0.4, 0.5) is 16.0 Å². The van der Waals surface area contributed by atoms with Crippen LogP contribution in [0.5, 0.6) is 0 Å². The van der Waals surface area contributed by atoms with Gasteiger partial charge in [0.1, 0.15) is 29.8 Å². The van der Waals surface area contributed by atoms with Gasteiger partial charge in [0.05, 0.1) is 11.6 Å². The van der Waals surface area contributed by atoms with Crippen molar-refractivity contribution in [2.45, 2.75) is 57.6 Å². The maximum absolute atomic E-state index is 13.6. The van der Waals surface area contributed by atoms with Gasteiger partial charge in [-0.3, -0.25) is 0 Å². The number of ether oxygens (including phenoxy) is 1. The van der Waals surface area contributed by atoms with Gasteiger partial charge in [-0.1, -0.05) is 6.07 Å². The van der Waals surface area contributed by atoms with Crippen molar-refractivity contribution in [3.05, 3.63) is 53.7 Å². The van der Waals surface area contributed by atoms with E-state index in [0.717, 1.165) is 56.7 Å². The van der Waals surface area contributed by atoms with Crippen molar-refractivity contribution in [3.8, 4) is 0 Å². The average molecular weight is 525 g/mol. The number of carboxylic acid groups (broad SMARTS) is 1. The van der Waals surface area contributed by atoms with Gasteiger partial charge in [-0.2, -0.15) is 0 Å². The number of aromatic nitrogens is 3. The molecule has 0 unspecified atom stereocenters. The number of benzene rings is 1. The number of fused-ring (bicyclic) bond motifs is 2. The molecule has 0 aliphatic carbocycles. The minimum Gasteiger partial charge on any atom is -0.480 e. The molecule has 3 N–H and O–H groups in total. The number of carboxylic acids is 1. The summed E-state index contributed by atoms with van der Waals surface area (Å²) in [7, 11) is 1.68. The zero-order valence-electron chi connectivity index (χ0n) is 22.1. The zero-order chi connectivity index (χ0) is 26.9. The van der Waals surface area contributed by atoms with E-state index in [0.29, 0.717) is 36.2 Å². The second-order valence-electron chi connectivity index (χ2n) is 9.85. The molecule has 204 valence electrons. The molecule has 3 heterocycles. The molecule has 1 aliphatic heterocycles. The highest BCUT2D eigenvalue weighted by Gasteiger charge is 2.21. The van der Waals surface area contributed by atoms with Crippen molar-refractivity contribution in [1.82, 2.24) is 19.9 Å². The molecule has 1 aliphatic rings. The summed E-state index contributed by atoms with van der Waals surface area (Å²) < 4.78 is 19.1. The van der Waals surface area contributed by atoms with Crippen molar-refractivity contribution in [2.75, 3.05) is 43.9 Å². The van der Waals surface area contributed by atoms with Crippen LogP contribution >= 0.6 is 0 Å². The number of nitrogens with zero attached hydrogens (tertiary/aromatic N) is 4. The third kappa shape index (κ3) is 7.58. The number of carbonyl (C=O) groups is 1. The number of nitrogens with one attached hydrogen (secondary N) is 2. The lowest BCUT2D eigenvalue weighted by Crippen LogP contribution is -2.38.